The Morgan fingerprint density at radius 3 is 2.28 bits per heavy atom. The molecule has 0 aliphatic carbocycles. The molecule has 0 aliphatic heterocycles. The lowest BCUT2D eigenvalue weighted by atomic mass is 10.2. The number of nitrogens with one attached hydrogen (secondary N) is 2. The summed E-state index contributed by atoms with van der Waals surface area (Å²) in [5, 5.41) is 6.60. The zero-order valence-electron chi connectivity index (χ0n) is 15.8. The first-order valence-corrected chi connectivity index (χ1v) is 9.03. The monoisotopic (exact) mass is 351 g/mol. The molecule has 0 amide bonds. The lowest BCUT2D eigenvalue weighted by molar-refractivity contribution is 0.119. The van der Waals surface area contributed by atoms with Crippen molar-refractivity contribution in [2.75, 3.05) is 47.1 Å². The first-order chi connectivity index (χ1) is 12.3. The van der Waals surface area contributed by atoms with Gasteiger partial charge < -0.3 is 24.8 Å². The zero-order chi connectivity index (χ0) is 18.2. The normalized spacial score (nSPS) is 11.4. The van der Waals surface area contributed by atoms with Crippen molar-refractivity contribution in [3.63, 3.8) is 0 Å². The molecule has 2 N–H and O–H groups in total. The van der Waals surface area contributed by atoms with Crippen LogP contribution in [-0.2, 0) is 16.1 Å². The highest BCUT2D eigenvalue weighted by Gasteiger charge is 1.98. The number of rotatable bonds is 13. The molecule has 0 saturated heterocycles. The second-order valence-electron chi connectivity index (χ2n) is 5.58. The fourth-order valence-corrected chi connectivity index (χ4v) is 2.19. The molecule has 6 heteroatoms. The molecule has 25 heavy (non-hydrogen) atoms. The van der Waals surface area contributed by atoms with Crippen LogP contribution in [0.4, 0.5) is 0 Å². The highest BCUT2D eigenvalue weighted by atomic mass is 16.5. The van der Waals surface area contributed by atoms with Gasteiger partial charge in [-0.1, -0.05) is 12.1 Å². The van der Waals surface area contributed by atoms with Gasteiger partial charge in [0.1, 0.15) is 5.75 Å². The van der Waals surface area contributed by atoms with Gasteiger partial charge in [0, 0.05) is 40.0 Å². The van der Waals surface area contributed by atoms with Crippen LogP contribution in [0.2, 0.25) is 0 Å². The van der Waals surface area contributed by atoms with Gasteiger partial charge in [-0.3, -0.25) is 4.99 Å². The fourth-order valence-electron chi connectivity index (χ4n) is 2.19. The highest BCUT2D eigenvalue weighted by Crippen LogP contribution is 2.11. The molecule has 1 rings (SSSR count). The Labute approximate surface area is 152 Å². The van der Waals surface area contributed by atoms with Gasteiger partial charge in [0.05, 0.1) is 13.7 Å². The second-order valence-corrected chi connectivity index (χ2v) is 5.58. The molecule has 0 radical (unpaired) electrons. The molecule has 0 bridgehead atoms. The molecule has 0 unspecified atom stereocenters. The Bertz CT molecular complexity index is 463. The Morgan fingerprint density at radius 1 is 0.960 bits per heavy atom. The molecule has 0 heterocycles. The molecular weight excluding hydrogens is 318 g/mol. The maximum absolute atomic E-state index is 5.69. The van der Waals surface area contributed by atoms with Gasteiger partial charge in [0.2, 0.25) is 0 Å². The van der Waals surface area contributed by atoms with Crippen LogP contribution in [-0.4, -0.2) is 53.0 Å². The molecule has 1 aromatic carbocycles. The van der Waals surface area contributed by atoms with Crippen molar-refractivity contribution in [1.29, 1.82) is 0 Å². The van der Waals surface area contributed by atoms with Crippen molar-refractivity contribution in [1.82, 2.24) is 10.6 Å². The lowest BCUT2D eigenvalue weighted by Gasteiger charge is -2.12. The minimum absolute atomic E-state index is 0.622. The summed E-state index contributed by atoms with van der Waals surface area (Å²) in [7, 11) is 3.46. The number of unbranched alkanes of at least 4 members (excludes halogenated alkanes) is 1. The van der Waals surface area contributed by atoms with E-state index in [1.54, 1.807) is 14.2 Å². The summed E-state index contributed by atoms with van der Waals surface area (Å²) in [6.07, 6.45) is 3.07. The topological polar surface area (TPSA) is 64.1 Å². The van der Waals surface area contributed by atoms with Crippen LogP contribution in [0.15, 0.2) is 29.3 Å². The number of ether oxygens (including phenoxy) is 3. The predicted octanol–water partition coefficient (Wildman–Crippen LogP) is 2.58. The molecule has 0 aliphatic rings. The molecule has 142 valence electrons. The van der Waals surface area contributed by atoms with E-state index >= 15 is 0 Å². The summed E-state index contributed by atoms with van der Waals surface area (Å²) < 4.78 is 16.1. The van der Waals surface area contributed by atoms with Crippen LogP contribution >= 0.6 is 0 Å². The SMILES string of the molecule is CCOCCCCNC(=NC)NCCCOCc1ccc(OC)cc1. The van der Waals surface area contributed by atoms with Crippen molar-refractivity contribution in [2.24, 2.45) is 4.99 Å². The van der Waals surface area contributed by atoms with E-state index in [0.717, 1.165) is 62.8 Å². The predicted molar refractivity (Wildman–Crippen MR) is 102 cm³/mol. The van der Waals surface area contributed by atoms with E-state index in [0.29, 0.717) is 13.2 Å². The fraction of sp³-hybridized carbons (Fsp3) is 0.632. The molecule has 0 saturated carbocycles. The van der Waals surface area contributed by atoms with Gasteiger partial charge in [-0.2, -0.15) is 0 Å². The van der Waals surface area contributed by atoms with E-state index in [4.69, 9.17) is 14.2 Å². The lowest BCUT2D eigenvalue weighted by Crippen LogP contribution is -2.38. The average molecular weight is 351 g/mol. The average Bonchev–Trinajstić information content (AvgIpc) is 2.66. The quantitative estimate of drug-likeness (QED) is 0.325. The summed E-state index contributed by atoms with van der Waals surface area (Å²) in [5.41, 5.74) is 1.15. The Morgan fingerprint density at radius 2 is 1.64 bits per heavy atom. The van der Waals surface area contributed by atoms with Gasteiger partial charge in [-0.25, -0.2) is 0 Å². The molecule has 6 nitrogen and oxygen atoms in total. The molecule has 0 spiro atoms. The van der Waals surface area contributed by atoms with Gasteiger partial charge in [-0.15, -0.1) is 0 Å². The van der Waals surface area contributed by atoms with Gasteiger partial charge in [0.15, 0.2) is 5.96 Å². The Hall–Kier alpha value is -1.79. The summed E-state index contributed by atoms with van der Waals surface area (Å²) in [6, 6.07) is 7.94. The van der Waals surface area contributed by atoms with Crippen molar-refractivity contribution < 1.29 is 14.2 Å². The Balaban J connectivity index is 2.01. The number of hydrogen-bond acceptors (Lipinski definition) is 4. The van der Waals surface area contributed by atoms with Crippen molar-refractivity contribution in [3.8, 4) is 5.75 Å². The summed E-state index contributed by atoms with van der Waals surface area (Å²) in [6.45, 7) is 6.71. The van der Waals surface area contributed by atoms with Gasteiger partial charge in [-0.05, 0) is 43.9 Å². The van der Waals surface area contributed by atoms with E-state index in [2.05, 4.69) is 15.6 Å². The van der Waals surface area contributed by atoms with Crippen LogP contribution in [0.5, 0.6) is 5.75 Å². The number of guanidine groups is 1. The third kappa shape index (κ3) is 10.6. The van der Waals surface area contributed by atoms with Crippen LogP contribution in [0, 0.1) is 0 Å². The summed E-state index contributed by atoms with van der Waals surface area (Å²) in [4.78, 5) is 4.21. The molecular formula is C19H33N3O3. The van der Waals surface area contributed by atoms with Gasteiger partial charge >= 0.3 is 0 Å². The zero-order valence-corrected chi connectivity index (χ0v) is 15.8. The van der Waals surface area contributed by atoms with Crippen molar-refractivity contribution >= 4 is 5.96 Å². The standard InChI is InChI=1S/C19H33N3O3/c1-4-24-14-6-5-12-21-19(20-2)22-13-7-15-25-16-17-8-10-18(23-3)11-9-17/h8-11H,4-7,12-16H2,1-3H3,(H2,20,21,22). The maximum atomic E-state index is 5.69. The van der Waals surface area contributed by atoms with Gasteiger partial charge in [0.25, 0.3) is 0 Å². The minimum atomic E-state index is 0.622. The molecule has 0 atom stereocenters. The first-order valence-electron chi connectivity index (χ1n) is 9.03. The van der Waals surface area contributed by atoms with Crippen molar-refractivity contribution in [3.05, 3.63) is 29.8 Å². The smallest absolute Gasteiger partial charge is 0.190 e. The summed E-state index contributed by atoms with van der Waals surface area (Å²) in [5.74, 6) is 1.70. The summed E-state index contributed by atoms with van der Waals surface area (Å²) >= 11 is 0. The third-order valence-corrected chi connectivity index (χ3v) is 3.62. The van der Waals surface area contributed by atoms with E-state index in [-0.39, 0.29) is 0 Å². The second kappa shape index (κ2) is 14.5. The van der Waals surface area contributed by atoms with E-state index in [1.165, 1.54) is 0 Å². The molecule has 1 aromatic rings. The number of aliphatic imine (C=N–C) groups is 1. The number of nitrogens with zero attached hydrogens (tertiary/aromatic N) is 1. The Kier molecular flexibility index (Phi) is 12.4. The third-order valence-electron chi connectivity index (χ3n) is 3.62. The number of hydrogen-bond donors (Lipinski definition) is 2. The van der Waals surface area contributed by atoms with E-state index in [1.807, 2.05) is 31.2 Å². The number of methoxy groups -OCH3 is 1. The molecule has 0 fully saturated rings. The maximum Gasteiger partial charge on any atom is 0.190 e. The van der Waals surface area contributed by atoms with Crippen molar-refractivity contribution in [2.45, 2.75) is 32.8 Å². The van der Waals surface area contributed by atoms with Crippen LogP contribution < -0.4 is 15.4 Å². The van der Waals surface area contributed by atoms with Crippen LogP contribution in [0.3, 0.4) is 0 Å². The minimum Gasteiger partial charge on any atom is -0.497 e. The van der Waals surface area contributed by atoms with Crippen LogP contribution in [0.1, 0.15) is 31.7 Å². The van der Waals surface area contributed by atoms with E-state index in [9.17, 15) is 0 Å². The number of benzene rings is 1. The first kappa shape index (κ1) is 21.3. The highest BCUT2D eigenvalue weighted by molar-refractivity contribution is 5.79. The largest absolute Gasteiger partial charge is 0.497 e. The van der Waals surface area contributed by atoms with E-state index < -0.39 is 0 Å². The van der Waals surface area contributed by atoms with Crippen LogP contribution in [0.25, 0.3) is 0 Å². The molecule has 0 aromatic heterocycles.